The molecule has 1 atom stereocenters. The van der Waals surface area contributed by atoms with Crippen molar-refractivity contribution in [2.75, 3.05) is 38.0 Å². The van der Waals surface area contributed by atoms with Crippen LogP contribution in [0.15, 0.2) is 0 Å². The van der Waals surface area contributed by atoms with Crippen LogP contribution in [-0.2, 0) is 14.4 Å². The number of nitrogens with zero attached hydrogens (tertiary/aromatic N) is 3. The minimum Gasteiger partial charge on any atom is -0.481 e. The number of aliphatic carboxylic acids is 1. The molecular formula is C18H28N4O4S. The molecule has 1 aliphatic heterocycles. The number of likely N-dealkylation sites (tertiary alicyclic amines) is 1. The Labute approximate surface area is 163 Å². The quantitative estimate of drug-likeness (QED) is 0.694. The fourth-order valence-electron chi connectivity index (χ4n) is 3.20. The lowest BCUT2D eigenvalue weighted by molar-refractivity contribution is -0.141. The largest absolute Gasteiger partial charge is 0.481 e. The average Bonchev–Trinajstić information content (AvgIpc) is 2.92. The van der Waals surface area contributed by atoms with Gasteiger partial charge in [-0.25, -0.2) is 4.98 Å². The summed E-state index contributed by atoms with van der Waals surface area (Å²) in [5, 5.41) is 12.3. The lowest BCUT2D eigenvalue weighted by Crippen LogP contribution is -2.47. The normalized spacial score (nSPS) is 17.5. The van der Waals surface area contributed by atoms with Crippen molar-refractivity contribution >= 4 is 34.3 Å². The SMILES string of the molecule is CCN(CCC(=O)O)C(=O)C1CCCN(CC(=O)Nc2nc(C)c(C)s2)C1. The van der Waals surface area contributed by atoms with Crippen molar-refractivity contribution in [1.82, 2.24) is 14.8 Å². The van der Waals surface area contributed by atoms with E-state index in [9.17, 15) is 14.4 Å². The number of carbonyl (C=O) groups excluding carboxylic acids is 2. The summed E-state index contributed by atoms with van der Waals surface area (Å²) < 4.78 is 0. The molecule has 8 nitrogen and oxygen atoms in total. The van der Waals surface area contributed by atoms with E-state index < -0.39 is 5.97 Å². The highest BCUT2D eigenvalue weighted by atomic mass is 32.1. The van der Waals surface area contributed by atoms with Crippen LogP contribution in [0.5, 0.6) is 0 Å². The van der Waals surface area contributed by atoms with Gasteiger partial charge in [0.2, 0.25) is 11.8 Å². The maximum Gasteiger partial charge on any atom is 0.305 e. The first-order valence-electron chi connectivity index (χ1n) is 9.27. The molecule has 2 N–H and O–H groups in total. The van der Waals surface area contributed by atoms with Crippen molar-refractivity contribution in [2.45, 2.75) is 40.0 Å². The Morgan fingerprint density at radius 1 is 1.37 bits per heavy atom. The number of nitrogens with one attached hydrogen (secondary N) is 1. The Balaban J connectivity index is 1.87. The fourth-order valence-corrected chi connectivity index (χ4v) is 4.03. The van der Waals surface area contributed by atoms with E-state index in [4.69, 9.17) is 5.11 Å². The zero-order valence-corrected chi connectivity index (χ0v) is 17.0. The lowest BCUT2D eigenvalue weighted by atomic mass is 9.96. The van der Waals surface area contributed by atoms with E-state index >= 15 is 0 Å². The van der Waals surface area contributed by atoms with Crippen molar-refractivity contribution in [3.05, 3.63) is 10.6 Å². The molecule has 0 saturated carbocycles. The standard InChI is InChI=1S/C18H28N4O4S/c1-4-22(9-7-16(24)25)17(26)14-6-5-8-21(10-14)11-15(23)20-18-19-12(2)13(3)27-18/h14H,4-11H2,1-3H3,(H,24,25)(H,19,20,23). The number of hydrogen-bond acceptors (Lipinski definition) is 6. The molecule has 0 bridgehead atoms. The predicted molar refractivity (Wildman–Crippen MR) is 104 cm³/mol. The number of piperidine rings is 1. The van der Waals surface area contributed by atoms with Crippen molar-refractivity contribution in [2.24, 2.45) is 5.92 Å². The zero-order valence-electron chi connectivity index (χ0n) is 16.2. The third kappa shape index (κ3) is 6.28. The van der Waals surface area contributed by atoms with Gasteiger partial charge in [-0.3, -0.25) is 19.3 Å². The summed E-state index contributed by atoms with van der Waals surface area (Å²) in [4.78, 5) is 44.7. The number of aryl methyl sites for hydroxylation is 2. The number of hydrogen-bond donors (Lipinski definition) is 2. The van der Waals surface area contributed by atoms with Gasteiger partial charge >= 0.3 is 5.97 Å². The van der Waals surface area contributed by atoms with Crippen molar-refractivity contribution in [3.8, 4) is 0 Å². The number of aromatic nitrogens is 1. The van der Waals surface area contributed by atoms with E-state index in [-0.39, 0.29) is 37.2 Å². The summed E-state index contributed by atoms with van der Waals surface area (Å²) in [5.41, 5.74) is 0.917. The second-order valence-corrected chi connectivity index (χ2v) is 8.05. The molecule has 9 heteroatoms. The second-order valence-electron chi connectivity index (χ2n) is 6.84. The Morgan fingerprint density at radius 2 is 2.11 bits per heavy atom. The fraction of sp³-hybridized carbons (Fsp3) is 0.667. The van der Waals surface area contributed by atoms with Gasteiger partial charge in [0, 0.05) is 24.5 Å². The highest BCUT2D eigenvalue weighted by molar-refractivity contribution is 7.15. The highest BCUT2D eigenvalue weighted by Gasteiger charge is 2.29. The summed E-state index contributed by atoms with van der Waals surface area (Å²) in [7, 11) is 0. The topological polar surface area (TPSA) is 103 Å². The summed E-state index contributed by atoms with van der Waals surface area (Å²) in [5.74, 6) is -1.24. The molecular weight excluding hydrogens is 368 g/mol. The van der Waals surface area contributed by atoms with Crippen LogP contribution in [0.1, 0.15) is 36.8 Å². The molecule has 1 aliphatic rings. The van der Waals surface area contributed by atoms with Crippen molar-refractivity contribution in [3.63, 3.8) is 0 Å². The summed E-state index contributed by atoms with van der Waals surface area (Å²) in [6.07, 6.45) is 1.56. The van der Waals surface area contributed by atoms with Gasteiger partial charge in [-0.05, 0) is 40.2 Å². The Bertz CT molecular complexity index is 671. The van der Waals surface area contributed by atoms with Crippen LogP contribution >= 0.6 is 11.3 Å². The van der Waals surface area contributed by atoms with Gasteiger partial charge in [-0.15, -0.1) is 11.3 Å². The smallest absolute Gasteiger partial charge is 0.305 e. The number of rotatable bonds is 8. The highest BCUT2D eigenvalue weighted by Crippen LogP contribution is 2.22. The number of anilines is 1. The predicted octanol–water partition coefficient (Wildman–Crippen LogP) is 1.73. The van der Waals surface area contributed by atoms with E-state index in [2.05, 4.69) is 10.3 Å². The summed E-state index contributed by atoms with van der Waals surface area (Å²) >= 11 is 1.45. The second kappa shape index (κ2) is 9.80. The Hall–Kier alpha value is -2.00. The average molecular weight is 397 g/mol. The van der Waals surface area contributed by atoms with E-state index in [0.29, 0.717) is 18.2 Å². The number of carboxylic acids is 1. The summed E-state index contributed by atoms with van der Waals surface area (Å²) in [6, 6.07) is 0. The Morgan fingerprint density at radius 3 is 2.70 bits per heavy atom. The number of amides is 2. The van der Waals surface area contributed by atoms with Gasteiger partial charge in [0.05, 0.1) is 24.6 Å². The van der Waals surface area contributed by atoms with Gasteiger partial charge in [0.15, 0.2) is 5.13 Å². The van der Waals surface area contributed by atoms with Gasteiger partial charge < -0.3 is 15.3 Å². The number of carbonyl (C=O) groups is 3. The van der Waals surface area contributed by atoms with Crippen LogP contribution in [-0.4, -0.2) is 70.4 Å². The minimum absolute atomic E-state index is 0.0185. The van der Waals surface area contributed by atoms with Crippen molar-refractivity contribution in [1.29, 1.82) is 0 Å². The first-order valence-corrected chi connectivity index (χ1v) is 10.1. The van der Waals surface area contributed by atoms with E-state index in [1.165, 1.54) is 11.3 Å². The first-order chi connectivity index (χ1) is 12.8. The van der Waals surface area contributed by atoms with E-state index in [1.807, 2.05) is 25.7 Å². The van der Waals surface area contributed by atoms with E-state index in [1.54, 1.807) is 4.90 Å². The minimum atomic E-state index is -0.907. The molecule has 2 rings (SSSR count). The van der Waals surface area contributed by atoms with Crippen LogP contribution < -0.4 is 5.32 Å². The lowest BCUT2D eigenvalue weighted by Gasteiger charge is -2.34. The van der Waals surface area contributed by atoms with Gasteiger partial charge in [-0.2, -0.15) is 0 Å². The molecule has 27 heavy (non-hydrogen) atoms. The molecule has 0 spiro atoms. The maximum atomic E-state index is 12.7. The third-order valence-electron chi connectivity index (χ3n) is 4.79. The van der Waals surface area contributed by atoms with Crippen molar-refractivity contribution < 1.29 is 19.5 Å². The molecule has 0 aliphatic carbocycles. The first kappa shape index (κ1) is 21.3. The molecule has 1 saturated heterocycles. The molecule has 1 unspecified atom stereocenters. The van der Waals surface area contributed by atoms with Gasteiger partial charge in [0.1, 0.15) is 0 Å². The number of carboxylic acid groups (broad SMARTS) is 1. The molecule has 150 valence electrons. The van der Waals surface area contributed by atoms with E-state index in [0.717, 1.165) is 30.0 Å². The van der Waals surface area contributed by atoms with Crippen LogP contribution in [0.2, 0.25) is 0 Å². The van der Waals surface area contributed by atoms with Crippen LogP contribution in [0, 0.1) is 19.8 Å². The maximum absolute atomic E-state index is 12.7. The van der Waals surface area contributed by atoms with Gasteiger partial charge in [-0.1, -0.05) is 0 Å². The Kier molecular flexibility index (Phi) is 7.73. The molecule has 1 aromatic heterocycles. The molecule has 1 fully saturated rings. The van der Waals surface area contributed by atoms with Gasteiger partial charge in [0.25, 0.3) is 0 Å². The van der Waals surface area contributed by atoms with Crippen LogP contribution in [0.3, 0.4) is 0 Å². The van der Waals surface area contributed by atoms with Crippen LogP contribution in [0.25, 0.3) is 0 Å². The third-order valence-corrected chi connectivity index (χ3v) is 5.77. The van der Waals surface area contributed by atoms with Crippen LogP contribution in [0.4, 0.5) is 5.13 Å². The monoisotopic (exact) mass is 396 g/mol. The molecule has 2 heterocycles. The molecule has 0 radical (unpaired) electrons. The molecule has 2 amide bonds. The molecule has 1 aromatic rings. The zero-order chi connectivity index (χ0) is 20.0. The molecule has 0 aromatic carbocycles. The summed E-state index contributed by atoms with van der Waals surface area (Å²) in [6.45, 7) is 7.96. The number of thiazole rings is 1.